The highest BCUT2D eigenvalue weighted by molar-refractivity contribution is 7.85. The highest BCUT2D eigenvalue weighted by Crippen LogP contribution is 2.15. The van der Waals surface area contributed by atoms with Crippen LogP contribution in [0.2, 0.25) is 5.02 Å². The number of hydrazone groups is 1. The van der Waals surface area contributed by atoms with Gasteiger partial charge in [-0.25, -0.2) is 0 Å². The molecule has 0 aliphatic rings. The van der Waals surface area contributed by atoms with Crippen LogP contribution < -0.4 is 5.43 Å². The normalized spacial score (nSPS) is 11.7. The van der Waals surface area contributed by atoms with Crippen molar-refractivity contribution in [3.05, 3.63) is 59.1 Å². The predicted molar refractivity (Wildman–Crippen MR) is 78.9 cm³/mol. The molecule has 2 N–H and O–H groups in total. The van der Waals surface area contributed by atoms with Crippen LogP contribution in [0, 0.1) is 0 Å². The lowest BCUT2D eigenvalue weighted by Crippen LogP contribution is -1.98. The third-order valence-corrected chi connectivity index (χ3v) is 3.67. The molecule has 0 amide bonds. The van der Waals surface area contributed by atoms with E-state index in [1.165, 1.54) is 24.3 Å². The zero-order valence-corrected chi connectivity index (χ0v) is 11.8. The van der Waals surface area contributed by atoms with Gasteiger partial charge in [-0.2, -0.15) is 13.5 Å². The first-order valence-corrected chi connectivity index (χ1v) is 7.40. The highest BCUT2D eigenvalue weighted by atomic mass is 35.5. The first kappa shape index (κ1) is 14.5. The van der Waals surface area contributed by atoms with Crippen LogP contribution in [0.4, 0.5) is 5.69 Å². The van der Waals surface area contributed by atoms with E-state index in [9.17, 15) is 8.42 Å². The third-order valence-electron chi connectivity index (χ3n) is 2.45. The van der Waals surface area contributed by atoms with Gasteiger partial charge >= 0.3 is 0 Å². The summed E-state index contributed by atoms with van der Waals surface area (Å²) >= 11 is 5.96. The first-order valence-electron chi connectivity index (χ1n) is 5.58. The van der Waals surface area contributed by atoms with Crippen molar-refractivity contribution in [3.8, 4) is 0 Å². The second kappa shape index (κ2) is 6.04. The summed E-state index contributed by atoms with van der Waals surface area (Å²) in [7, 11) is -4.17. The molecule has 0 bridgehead atoms. The zero-order chi connectivity index (χ0) is 14.6. The van der Waals surface area contributed by atoms with Crippen molar-refractivity contribution in [2.75, 3.05) is 5.43 Å². The number of benzene rings is 2. The number of hydrogen-bond acceptors (Lipinski definition) is 4. The molecule has 0 aromatic heterocycles. The van der Waals surface area contributed by atoms with Gasteiger partial charge < -0.3 is 0 Å². The van der Waals surface area contributed by atoms with Crippen LogP contribution in [0.5, 0.6) is 0 Å². The summed E-state index contributed by atoms with van der Waals surface area (Å²) in [4.78, 5) is -0.168. The average Bonchev–Trinajstić information content (AvgIpc) is 2.40. The van der Waals surface area contributed by atoms with Gasteiger partial charge in [0.15, 0.2) is 0 Å². The lowest BCUT2D eigenvalue weighted by atomic mass is 10.2. The smallest absolute Gasteiger partial charge is 0.282 e. The molecule has 104 valence electrons. The first-order chi connectivity index (χ1) is 9.47. The number of nitrogens with one attached hydrogen (secondary N) is 1. The third kappa shape index (κ3) is 3.80. The van der Waals surface area contributed by atoms with Gasteiger partial charge in [-0.1, -0.05) is 29.8 Å². The van der Waals surface area contributed by atoms with E-state index in [0.29, 0.717) is 10.7 Å². The number of halogens is 1. The molecule has 0 aliphatic heterocycles. The van der Waals surface area contributed by atoms with E-state index in [-0.39, 0.29) is 4.90 Å². The maximum atomic E-state index is 10.9. The molecule has 0 spiro atoms. The van der Waals surface area contributed by atoms with E-state index in [1.807, 2.05) is 18.2 Å². The Balaban J connectivity index is 2.07. The van der Waals surface area contributed by atoms with Gasteiger partial charge in [0.25, 0.3) is 10.1 Å². The van der Waals surface area contributed by atoms with Crippen LogP contribution in [0.15, 0.2) is 58.5 Å². The zero-order valence-electron chi connectivity index (χ0n) is 10.2. The summed E-state index contributed by atoms with van der Waals surface area (Å²) in [6.07, 6.45) is 1.55. The second-order valence-electron chi connectivity index (χ2n) is 3.89. The monoisotopic (exact) mass is 310 g/mol. The Morgan fingerprint density at radius 1 is 1.10 bits per heavy atom. The molecule has 0 heterocycles. The molecule has 2 aromatic rings. The maximum absolute atomic E-state index is 10.9. The van der Waals surface area contributed by atoms with Gasteiger partial charge in [0.2, 0.25) is 0 Å². The highest BCUT2D eigenvalue weighted by Gasteiger charge is 2.07. The summed E-state index contributed by atoms with van der Waals surface area (Å²) in [6.45, 7) is 0. The molecule has 0 fully saturated rings. The summed E-state index contributed by atoms with van der Waals surface area (Å²) in [6, 6.07) is 12.8. The van der Waals surface area contributed by atoms with Gasteiger partial charge in [0, 0.05) is 10.6 Å². The van der Waals surface area contributed by atoms with Crippen molar-refractivity contribution < 1.29 is 13.0 Å². The fraction of sp³-hybridized carbons (Fsp3) is 0. The van der Waals surface area contributed by atoms with Crippen LogP contribution in [0.25, 0.3) is 0 Å². The van der Waals surface area contributed by atoms with E-state index >= 15 is 0 Å². The molecule has 0 atom stereocenters. The van der Waals surface area contributed by atoms with Crippen molar-refractivity contribution in [2.24, 2.45) is 5.10 Å². The van der Waals surface area contributed by atoms with Crippen LogP contribution in [0.3, 0.4) is 0 Å². The van der Waals surface area contributed by atoms with Crippen molar-refractivity contribution in [3.63, 3.8) is 0 Å². The Hall–Kier alpha value is -1.89. The fourth-order valence-corrected chi connectivity index (χ4v) is 2.12. The standard InChI is InChI=1S/C13H11ClN2O3S/c14-13-4-2-1-3-10(13)9-15-16-11-5-7-12(8-6-11)20(17,18)19/h1-9,16H,(H,17,18,19). The van der Waals surface area contributed by atoms with Gasteiger partial charge in [0.1, 0.15) is 0 Å². The minimum absolute atomic E-state index is 0.168. The molecule has 7 heteroatoms. The molecule has 2 aromatic carbocycles. The Morgan fingerprint density at radius 2 is 1.75 bits per heavy atom. The van der Waals surface area contributed by atoms with Gasteiger partial charge in [-0.15, -0.1) is 0 Å². The number of hydrogen-bond donors (Lipinski definition) is 2. The van der Waals surface area contributed by atoms with E-state index in [2.05, 4.69) is 10.5 Å². The Bertz CT molecular complexity index is 728. The average molecular weight is 311 g/mol. The van der Waals surface area contributed by atoms with E-state index in [0.717, 1.165) is 5.56 Å². The number of nitrogens with zero attached hydrogens (tertiary/aromatic N) is 1. The molecular formula is C13H11ClN2O3S. The quantitative estimate of drug-likeness (QED) is 0.517. The summed E-state index contributed by atoms with van der Waals surface area (Å²) in [5.41, 5.74) is 4.08. The van der Waals surface area contributed by atoms with Crippen molar-refractivity contribution >= 4 is 33.6 Å². The molecular weight excluding hydrogens is 300 g/mol. The molecule has 0 saturated carbocycles. The minimum atomic E-state index is -4.17. The SMILES string of the molecule is O=S(=O)(O)c1ccc(NN=Cc2ccccc2Cl)cc1. The lowest BCUT2D eigenvalue weighted by Gasteiger charge is -2.02. The van der Waals surface area contributed by atoms with Crippen LogP contribution in [-0.4, -0.2) is 19.2 Å². The molecule has 2 rings (SSSR count). The van der Waals surface area contributed by atoms with E-state index in [4.69, 9.17) is 16.2 Å². The Morgan fingerprint density at radius 3 is 2.35 bits per heavy atom. The Kier molecular flexibility index (Phi) is 4.39. The predicted octanol–water partition coefficient (Wildman–Crippen LogP) is 3.03. The Labute approximate surface area is 121 Å². The maximum Gasteiger partial charge on any atom is 0.294 e. The van der Waals surface area contributed by atoms with E-state index in [1.54, 1.807) is 12.3 Å². The van der Waals surface area contributed by atoms with Crippen molar-refractivity contribution in [1.29, 1.82) is 0 Å². The molecule has 20 heavy (non-hydrogen) atoms. The largest absolute Gasteiger partial charge is 0.294 e. The molecule has 5 nitrogen and oxygen atoms in total. The van der Waals surface area contributed by atoms with Crippen molar-refractivity contribution in [2.45, 2.75) is 4.90 Å². The summed E-state index contributed by atoms with van der Waals surface area (Å²) < 4.78 is 30.6. The number of anilines is 1. The van der Waals surface area contributed by atoms with Gasteiger partial charge in [0.05, 0.1) is 16.8 Å². The fourth-order valence-electron chi connectivity index (χ4n) is 1.46. The minimum Gasteiger partial charge on any atom is -0.282 e. The molecule has 0 radical (unpaired) electrons. The van der Waals surface area contributed by atoms with Crippen LogP contribution in [-0.2, 0) is 10.1 Å². The van der Waals surface area contributed by atoms with Crippen LogP contribution >= 0.6 is 11.6 Å². The molecule has 0 aliphatic carbocycles. The number of rotatable bonds is 4. The summed E-state index contributed by atoms with van der Waals surface area (Å²) in [5.74, 6) is 0. The van der Waals surface area contributed by atoms with Crippen molar-refractivity contribution in [1.82, 2.24) is 0 Å². The van der Waals surface area contributed by atoms with Crippen LogP contribution in [0.1, 0.15) is 5.56 Å². The topological polar surface area (TPSA) is 78.8 Å². The molecule has 0 saturated heterocycles. The molecule has 0 unspecified atom stereocenters. The van der Waals surface area contributed by atoms with Gasteiger partial charge in [-0.05, 0) is 30.3 Å². The second-order valence-corrected chi connectivity index (χ2v) is 5.72. The lowest BCUT2D eigenvalue weighted by molar-refractivity contribution is 0.483. The summed E-state index contributed by atoms with van der Waals surface area (Å²) in [5, 5.41) is 4.58. The van der Waals surface area contributed by atoms with E-state index < -0.39 is 10.1 Å². The van der Waals surface area contributed by atoms with Gasteiger partial charge in [-0.3, -0.25) is 9.98 Å².